The molecule has 0 aliphatic heterocycles. The van der Waals surface area contributed by atoms with Crippen molar-refractivity contribution in [1.82, 2.24) is 20.4 Å². The van der Waals surface area contributed by atoms with Crippen LogP contribution in [0.4, 0.5) is 0 Å². The monoisotopic (exact) mass is 279 g/mol. The minimum atomic E-state index is 0.898. The van der Waals surface area contributed by atoms with Crippen LogP contribution in [0, 0.1) is 13.8 Å². The number of unbranched alkanes of at least 4 members (excludes halogenated alkanes) is 2. The zero-order valence-electron chi connectivity index (χ0n) is 13.4. The van der Waals surface area contributed by atoms with E-state index < -0.39 is 0 Å². The SMILES string of the molecule is CCCCCNC(=NC)NCCCn1nc(C)cc1C. The summed E-state index contributed by atoms with van der Waals surface area (Å²) in [7, 11) is 1.82. The number of hydrogen-bond donors (Lipinski definition) is 2. The van der Waals surface area contributed by atoms with Crippen molar-refractivity contribution >= 4 is 5.96 Å². The highest BCUT2D eigenvalue weighted by Crippen LogP contribution is 2.02. The minimum Gasteiger partial charge on any atom is -0.356 e. The topological polar surface area (TPSA) is 54.2 Å². The zero-order chi connectivity index (χ0) is 14.8. The first-order valence-electron chi connectivity index (χ1n) is 7.63. The van der Waals surface area contributed by atoms with E-state index in [0.717, 1.165) is 37.7 Å². The highest BCUT2D eigenvalue weighted by Gasteiger charge is 2.01. The molecule has 0 fully saturated rings. The number of guanidine groups is 1. The number of hydrogen-bond acceptors (Lipinski definition) is 2. The van der Waals surface area contributed by atoms with E-state index in [-0.39, 0.29) is 0 Å². The Labute approximate surface area is 122 Å². The van der Waals surface area contributed by atoms with Crippen LogP contribution in [0.15, 0.2) is 11.1 Å². The molecule has 0 aromatic carbocycles. The van der Waals surface area contributed by atoms with Crippen LogP contribution in [0.5, 0.6) is 0 Å². The number of nitrogens with zero attached hydrogens (tertiary/aromatic N) is 3. The van der Waals surface area contributed by atoms with E-state index in [1.165, 1.54) is 25.0 Å². The Morgan fingerprint density at radius 1 is 1.20 bits per heavy atom. The lowest BCUT2D eigenvalue weighted by Gasteiger charge is -2.12. The van der Waals surface area contributed by atoms with Gasteiger partial charge in [-0.15, -0.1) is 0 Å². The summed E-state index contributed by atoms with van der Waals surface area (Å²) in [5.41, 5.74) is 2.31. The average molecular weight is 279 g/mol. The minimum absolute atomic E-state index is 0.898. The largest absolute Gasteiger partial charge is 0.356 e. The van der Waals surface area contributed by atoms with Gasteiger partial charge in [-0.2, -0.15) is 5.10 Å². The molecule has 1 heterocycles. The van der Waals surface area contributed by atoms with Crippen LogP contribution in [0.3, 0.4) is 0 Å². The molecule has 20 heavy (non-hydrogen) atoms. The van der Waals surface area contributed by atoms with Gasteiger partial charge in [-0.05, 0) is 32.8 Å². The normalized spacial score (nSPS) is 11.7. The van der Waals surface area contributed by atoms with Crippen molar-refractivity contribution in [2.24, 2.45) is 4.99 Å². The first-order chi connectivity index (χ1) is 9.67. The van der Waals surface area contributed by atoms with E-state index in [1.807, 2.05) is 14.0 Å². The summed E-state index contributed by atoms with van der Waals surface area (Å²) in [4.78, 5) is 4.22. The number of rotatable bonds is 8. The fourth-order valence-corrected chi connectivity index (χ4v) is 2.14. The van der Waals surface area contributed by atoms with Gasteiger partial charge in [-0.1, -0.05) is 19.8 Å². The smallest absolute Gasteiger partial charge is 0.190 e. The second kappa shape index (κ2) is 9.39. The van der Waals surface area contributed by atoms with Crippen molar-refractivity contribution in [3.63, 3.8) is 0 Å². The number of nitrogens with one attached hydrogen (secondary N) is 2. The molecular formula is C15H29N5. The van der Waals surface area contributed by atoms with Gasteiger partial charge in [0, 0.05) is 32.4 Å². The molecule has 0 saturated carbocycles. The fourth-order valence-electron chi connectivity index (χ4n) is 2.14. The van der Waals surface area contributed by atoms with Crippen LogP contribution in [-0.4, -0.2) is 35.9 Å². The molecule has 0 radical (unpaired) electrons. The third-order valence-electron chi connectivity index (χ3n) is 3.24. The van der Waals surface area contributed by atoms with Gasteiger partial charge in [-0.25, -0.2) is 0 Å². The maximum atomic E-state index is 4.46. The van der Waals surface area contributed by atoms with E-state index in [1.54, 1.807) is 0 Å². The van der Waals surface area contributed by atoms with Gasteiger partial charge in [0.15, 0.2) is 5.96 Å². The molecule has 5 heteroatoms. The maximum Gasteiger partial charge on any atom is 0.190 e. The molecular weight excluding hydrogens is 250 g/mol. The van der Waals surface area contributed by atoms with Crippen LogP contribution in [0.2, 0.25) is 0 Å². The van der Waals surface area contributed by atoms with Crippen molar-refractivity contribution in [2.75, 3.05) is 20.1 Å². The quantitative estimate of drug-likeness (QED) is 0.436. The van der Waals surface area contributed by atoms with Crippen molar-refractivity contribution in [3.8, 4) is 0 Å². The van der Waals surface area contributed by atoms with E-state index in [9.17, 15) is 0 Å². The molecule has 114 valence electrons. The van der Waals surface area contributed by atoms with Gasteiger partial charge in [-0.3, -0.25) is 9.67 Å². The number of aryl methyl sites for hydroxylation is 3. The molecule has 1 aromatic heterocycles. The summed E-state index contributed by atoms with van der Waals surface area (Å²) in [5.74, 6) is 0.898. The van der Waals surface area contributed by atoms with Gasteiger partial charge in [0.2, 0.25) is 0 Å². The summed E-state index contributed by atoms with van der Waals surface area (Å²) in [5, 5.41) is 11.1. The van der Waals surface area contributed by atoms with Crippen LogP contribution in [0.1, 0.15) is 44.0 Å². The van der Waals surface area contributed by atoms with Crippen molar-refractivity contribution in [2.45, 2.75) is 53.0 Å². The molecule has 0 amide bonds. The lowest BCUT2D eigenvalue weighted by molar-refractivity contribution is 0.554. The van der Waals surface area contributed by atoms with Crippen molar-refractivity contribution in [1.29, 1.82) is 0 Å². The van der Waals surface area contributed by atoms with Gasteiger partial charge >= 0.3 is 0 Å². The van der Waals surface area contributed by atoms with Crippen molar-refractivity contribution < 1.29 is 0 Å². The lowest BCUT2D eigenvalue weighted by Crippen LogP contribution is -2.38. The van der Waals surface area contributed by atoms with Crippen LogP contribution < -0.4 is 10.6 Å². The molecule has 0 bridgehead atoms. The summed E-state index contributed by atoms with van der Waals surface area (Å²) >= 11 is 0. The van der Waals surface area contributed by atoms with Gasteiger partial charge in [0.1, 0.15) is 0 Å². The van der Waals surface area contributed by atoms with E-state index >= 15 is 0 Å². The summed E-state index contributed by atoms with van der Waals surface area (Å²) in [6, 6.07) is 2.11. The Balaban J connectivity index is 2.17. The summed E-state index contributed by atoms with van der Waals surface area (Å²) < 4.78 is 2.06. The molecule has 0 aliphatic carbocycles. The third-order valence-corrected chi connectivity index (χ3v) is 3.24. The van der Waals surface area contributed by atoms with Crippen LogP contribution in [-0.2, 0) is 6.54 Å². The predicted octanol–water partition coefficient (Wildman–Crippen LogP) is 2.25. The van der Waals surface area contributed by atoms with Crippen LogP contribution in [0.25, 0.3) is 0 Å². The standard InChI is InChI=1S/C15H29N5/c1-5-6-7-9-17-15(16-4)18-10-8-11-20-14(3)12-13(2)19-20/h12H,5-11H2,1-4H3,(H2,16,17,18). The Kier molecular flexibility index (Phi) is 7.77. The third kappa shape index (κ3) is 6.08. The van der Waals surface area contributed by atoms with Gasteiger partial charge in [0.05, 0.1) is 5.69 Å². The number of aliphatic imine (C=N–C) groups is 1. The Morgan fingerprint density at radius 3 is 2.45 bits per heavy atom. The lowest BCUT2D eigenvalue weighted by atomic mass is 10.2. The Morgan fingerprint density at radius 2 is 1.90 bits per heavy atom. The fraction of sp³-hybridized carbons (Fsp3) is 0.733. The molecule has 0 spiro atoms. The molecule has 1 rings (SSSR count). The molecule has 0 unspecified atom stereocenters. The molecule has 0 aliphatic rings. The van der Waals surface area contributed by atoms with E-state index in [4.69, 9.17) is 0 Å². The second-order valence-electron chi connectivity index (χ2n) is 5.14. The maximum absolute atomic E-state index is 4.46. The van der Waals surface area contributed by atoms with Gasteiger partial charge < -0.3 is 10.6 Å². The Bertz CT molecular complexity index is 408. The van der Waals surface area contributed by atoms with Gasteiger partial charge in [0.25, 0.3) is 0 Å². The van der Waals surface area contributed by atoms with E-state index in [2.05, 4.69) is 45.3 Å². The predicted molar refractivity (Wildman–Crippen MR) is 85.2 cm³/mol. The highest BCUT2D eigenvalue weighted by atomic mass is 15.3. The first-order valence-corrected chi connectivity index (χ1v) is 7.63. The second-order valence-corrected chi connectivity index (χ2v) is 5.14. The number of aromatic nitrogens is 2. The molecule has 5 nitrogen and oxygen atoms in total. The van der Waals surface area contributed by atoms with E-state index in [0.29, 0.717) is 0 Å². The molecule has 0 atom stereocenters. The zero-order valence-corrected chi connectivity index (χ0v) is 13.4. The first kappa shape index (κ1) is 16.5. The summed E-state index contributed by atoms with van der Waals surface area (Å²) in [6.45, 7) is 9.19. The molecule has 1 aromatic rings. The molecule has 0 saturated heterocycles. The highest BCUT2D eigenvalue weighted by molar-refractivity contribution is 5.79. The average Bonchev–Trinajstić information content (AvgIpc) is 2.75. The van der Waals surface area contributed by atoms with Crippen molar-refractivity contribution in [3.05, 3.63) is 17.5 Å². The summed E-state index contributed by atoms with van der Waals surface area (Å²) in [6.07, 6.45) is 4.75. The van der Waals surface area contributed by atoms with Crippen LogP contribution >= 0.6 is 0 Å². The molecule has 2 N–H and O–H groups in total. The Hall–Kier alpha value is -1.52.